The summed E-state index contributed by atoms with van der Waals surface area (Å²) in [5.41, 5.74) is 2.56. The van der Waals surface area contributed by atoms with Crippen molar-refractivity contribution in [2.75, 3.05) is 0 Å². The molecule has 0 fully saturated rings. The van der Waals surface area contributed by atoms with Crippen LogP contribution in [0.25, 0.3) is 0 Å². The third-order valence-electron chi connectivity index (χ3n) is 4.24. The van der Waals surface area contributed by atoms with Crippen LogP contribution in [0, 0.1) is 0 Å². The molecule has 3 heteroatoms. The molecule has 0 aliphatic carbocycles. The summed E-state index contributed by atoms with van der Waals surface area (Å²) < 4.78 is 12.8. The van der Waals surface area contributed by atoms with Crippen molar-refractivity contribution in [3.63, 3.8) is 0 Å². The third-order valence-corrected chi connectivity index (χ3v) is 5.94. The lowest BCUT2D eigenvalue weighted by Gasteiger charge is -2.27. The molecular formula is C22H31AlO2. The minimum atomic E-state index is -1.87. The highest BCUT2D eigenvalue weighted by Gasteiger charge is 2.33. The van der Waals surface area contributed by atoms with Gasteiger partial charge in [-0.1, -0.05) is 84.9 Å². The zero-order chi connectivity index (χ0) is 18.7. The van der Waals surface area contributed by atoms with Crippen molar-refractivity contribution < 1.29 is 7.58 Å². The van der Waals surface area contributed by atoms with E-state index in [9.17, 15) is 0 Å². The molecule has 0 bridgehead atoms. The Kier molecular flexibility index (Phi) is 6.25. The maximum absolute atomic E-state index is 6.41. The quantitative estimate of drug-likeness (QED) is 0.591. The molecule has 2 aromatic rings. The molecular weight excluding hydrogens is 323 g/mol. The topological polar surface area (TPSA) is 18.5 Å². The average Bonchev–Trinajstić information content (AvgIpc) is 2.53. The van der Waals surface area contributed by atoms with Gasteiger partial charge in [-0.3, -0.25) is 0 Å². The van der Waals surface area contributed by atoms with E-state index in [-0.39, 0.29) is 10.8 Å². The van der Waals surface area contributed by atoms with E-state index in [0.717, 1.165) is 16.8 Å². The van der Waals surface area contributed by atoms with Gasteiger partial charge in [-0.25, -0.2) is 0 Å². The maximum atomic E-state index is 6.41. The van der Waals surface area contributed by atoms with E-state index in [1.807, 2.05) is 12.1 Å². The summed E-state index contributed by atoms with van der Waals surface area (Å²) in [5.74, 6) is 1.92. The highest BCUT2D eigenvalue weighted by molar-refractivity contribution is 6.46. The molecule has 2 nitrogen and oxygen atoms in total. The Morgan fingerprint density at radius 3 is 1.36 bits per heavy atom. The van der Waals surface area contributed by atoms with Crippen LogP contribution in [0.1, 0.15) is 59.6 Å². The fourth-order valence-electron chi connectivity index (χ4n) is 2.85. The molecule has 0 aromatic heterocycles. The maximum Gasteiger partial charge on any atom is 0.856 e. The van der Waals surface area contributed by atoms with Gasteiger partial charge in [0, 0.05) is 0 Å². The minimum absolute atomic E-state index is 0.0482. The first-order chi connectivity index (χ1) is 11.6. The van der Waals surface area contributed by atoms with Crippen LogP contribution in [0.5, 0.6) is 11.5 Å². The molecule has 0 N–H and O–H groups in total. The minimum Gasteiger partial charge on any atom is -0.612 e. The second-order valence-corrected chi connectivity index (χ2v) is 10.7. The van der Waals surface area contributed by atoms with Gasteiger partial charge < -0.3 is 7.58 Å². The average molecular weight is 354 g/mol. The summed E-state index contributed by atoms with van der Waals surface area (Å²) in [6, 6.07) is 16.7. The first-order valence-corrected chi connectivity index (χ1v) is 10.9. The molecule has 0 unspecified atom stereocenters. The van der Waals surface area contributed by atoms with Crippen LogP contribution in [0.3, 0.4) is 0 Å². The van der Waals surface area contributed by atoms with Crippen LogP contribution in [-0.2, 0) is 10.8 Å². The molecule has 0 heterocycles. The lowest BCUT2D eigenvalue weighted by atomic mass is 9.86. The molecule has 0 atom stereocenters. The van der Waals surface area contributed by atoms with Crippen molar-refractivity contribution in [2.24, 2.45) is 0 Å². The van der Waals surface area contributed by atoms with Crippen LogP contribution in [0.4, 0.5) is 0 Å². The van der Waals surface area contributed by atoms with Crippen molar-refractivity contribution in [2.45, 2.75) is 64.6 Å². The molecule has 0 saturated carbocycles. The zero-order valence-electron chi connectivity index (χ0n) is 16.7. The van der Waals surface area contributed by atoms with E-state index in [0.29, 0.717) is 0 Å². The number of hydrogen-bond donors (Lipinski definition) is 0. The monoisotopic (exact) mass is 354 g/mol. The van der Waals surface area contributed by atoms with Gasteiger partial charge in [0.05, 0.1) is 11.5 Å². The van der Waals surface area contributed by atoms with Gasteiger partial charge in [0.1, 0.15) is 0 Å². The number of benzene rings is 2. The molecule has 0 aliphatic heterocycles. The Hall–Kier alpha value is -1.43. The summed E-state index contributed by atoms with van der Waals surface area (Å²) in [6.07, 6.45) is 0. The van der Waals surface area contributed by atoms with Gasteiger partial charge in [0.25, 0.3) is 0 Å². The first-order valence-electron chi connectivity index (χ1n) is 9.15. The van der Waals surface area contributed by atoms with Crippen molar-refractivity contribution >= 4 is 14.8 Å². The standard InChI is InChI=1S/2C10H14O.C2H5.Al/c2*1-10(2,3)8-6-4-5-7-9(8)11;1-2;/h2*4-7,11H,1-3H3;1H2,2H3;/q;;;+2/p-2. The Morgan fingerprint density at radius 1 is 0.680 bits per heavy atom. The largest absolute Gasteiger partial charge is 0.856 e. The molecule has 0 amide bonds. The van der Waals surface area contributed by atoms with Crippen LogP contribution in [0.2, 0.25) is 5.28 Å². The molecule has 25 heavy (non-hydrogen) atoms. The highest BCUT2D eigenvalue weighted by Crippen LogP contribution is 2.34. The molecule has 2 aromatic carbocycles. The summed E-state index contributed by atoms with van der Waals surface area (Å²) in [4.78, 5) is 0. The second-order valence-electron chi connectivity index (χ2n) is 8.57. The van der Waals surface area contributed by atoms with E-state index in [1.54, 1.807) is 0 Å². The SMILES string of the molecule is C[CH2][Al]([O]c1ccccc1C(C)(C)C)[O]c1ccccc1C(C)(C)C. The van der Waals surface area contributed by atoms with E-state index >= 15 is 0 Å². The summed E-state index contributed by atoms with van der Waals surface area (Å²) >= 11 is -1.87. The van der Waals surface area contributed by atoms with E-state index in [4.69, 9.17) is 7.58 Å². The molecule has 2 rings (SSSR count). The van der Waals surface area contributed by atoms with Crippen molar-refractivity contribution in [1.29, 1.82) is 0 Å². The van der Waals surface area contributed by atoms with Crippen molar-refractivity contribution in [1.82, 2.24) is 0 Å². The summed E-state index contributed by atoms with van der Waals surface area (Å²) in [7, 11) is 0. The van der Waals surface area contributed by atoms with Gasteiger partial charge in [-0.2, -0.15) is 0 Å². The molecule has 0 saturated heterocycles. The van der Waals surface area contributed by atoms with E-state index in [2.05, 4.69) is 84.9 Å². The molecule has 0 aliphatic rings. The highest BCUT2D eigenvalue weighted by atomic mass is 27.2. The fraction of sp³-hybridized carbons (Fsp3) is 0.455. The Morgan fingerprint density at radius 2 is 1.04 bits per heavy atom. The molecule has 134 valence electrons. The van der Waals surface area contributed by atoms with Gasteiger partial charge >= 0.3 is 14.8 Å². The number of rotatable bonds is 5. The van der Waals surface area contributed by atoms with Crippen LogP contribution < -0.4 is 7.58 Å². The van der Waals surface area contributed by atoms with Crippen LogP contribution in [0.15, 0.2) is 48.5 Å². The summed E-state index contributed by atoms with van der Waals surface area (Å²) in [5, 5.41) is 0.914. The predicted molar refractivity (Wildman–Crippen MR) is 108 cm³/mol. The van der Waals surface area contributed by atoms with Gasteiger partial charge in [-0.05, 0) is 39.4 Å². The smallest absolute Gasteiger partial charge is 0.612 e. The number of hydrogen-bond acceptors (Lipinski definition) is 2. The predicted octanol–water partition coefficient (Wildman–Crippen LogP) is 6.25. The lowest BCUT2D eigenvalue weighted by Crippen LogP contribution is -2.31. The normalized spacial score (nSPS) is 12.0. The lowest BCUT2D eigenvalue weighted by molar-refractivity contribution is 0.404. The van der Waals surface area contributed by atoms with Crippen LogP contribution in [-0.4, -0.2) is 14.8 Å². The number of para-hydroxylation sites is 2. The fourth-order valence-corrected chi connectivity index (χ4v) is 4.21. The summed E-state index contributed by atoms with van der Waals surface area (Å²) in [6.45, 7) is 15.4. The Labute approximate surface area is 158 Å². The zero-order valence-corrected chi connectivity index (χ0v) is 17.9. The van der Waals surface area contributed by atoms with E-state index < -0.39 is 14.8 Å². The molecule has 0 spiro atoms. The Balaban J connectivity index is 2.27. The van der Waals surface area contributed by atoms with Crippen LogP contribution >= 0.6 is 0 Å². The molecule has 0 radical (unpaired) electrons. The van der Waals surface area contributed by atoms with Crippen molar-refractivity contribution in [3.05, 3.63) is 59.7 Å². The second kappa shape index (κ2) is 7.85. The van der Waals surface area contributed by atoms with Gasteiger partial charge in [-0.15, -0.1) is 0 Å². The first kappa shape index (κ1) is 19.9. The third kappa shape index (κ3) is 5.27. The van der Waals surface area contributed by atoms with E-state index in [1.165, 1.54) is 11.1 Å². The van der Waals surface area contributed by atoms with Gasteiger partial charge in [0.2, 0.25) is 0 Å². The Bertz CT molecular complexity index is 636. The van der Waals surface area contributed by atoms with Crippen molar-refractivity contribution in [3.8, 4) is 11.5 Å². The van der Waals surface area contributed by atoms with Gasteiger partial charge in [0.15, 0.2) is 0 Å².